The van der Waals surface area contributed by atoms with Gasteiger partial charge in [-0.2, -0.15) is 0 Å². The molecular formula is C20H29N5O2S. The van der Waals surface area contributed by atoms with Crippen LogP contribution in [0.3, 0.4) is 0 Å². The molecule has 2 amide bonds. The molecule has 1 saturated heterocycles. The highest BCUT2D eigenvalue weighted by Crippen LogP contribution is 2.23. The monoisotopic (exact) mass is 403 g/mol. The molecule has 1 unspecified atom stereocenters. The summed E-state index contributed by atoms with van der Waals surface area (Å²) in [5.41, 5.74) is 2.67. The van der Waals surface area contributed by atoms with Crippen molar-refractivity contribution in [3.63, 3.8) is 0 Å². The second-order valence-corrected chi connectivity index (χ2v) is 8.25. The molecule has 7 nitrogen and oxygen atoms in total. The predicted octanol–water partition coefficient (Wildman–Crippen LogP) is 2.22. The van der Waals surface area contributed by atoms with E-state index in [1.807, 2.05) is 41.7 Å². The van der Waals surface area contributed by atoms with Crippen LogP contribution in [0.2, 0.25) is 0 Å². The number of rotatable bonds is 6. The fourth-order valence-electron chi connectivity index (χ4n) is 3.51. The summed E-state index contributed by atoms with van der Waals surface area (Å²) >= 11 is 1.56. The Kier molecular flexibility index (Phi) is 6.51. The lowest BCUT2D eigenvalue weighted by Gasteiger charge is -2.34. The Bertz CT molecular complexity index is 822. The zero-order chi connectivity index (χ0) is 20.3. The number of carbonyl (C=O) groups excluding carboxylic acids is 2. The van der Waals surface area contributed by atoms with E-state index in [0.717, 1.165) is 28.5 Å². The number of aromatic nitrogens is 2. The van der Waals surface area contributed by atoms with Crippen molar-refractivity contribution >= 4 is 23.2 Å². The maximum absolute atomic E-state index is 13.1. The summed E-state index contributed by atoms with van der Waals surface area (Å²) in [6, 6.07) is 2.15. The average molecular weight is 404 g/mol. The van der Waals surface area contributed by atoms with Gasteiger partial charge in [-0.05, 0) is 33.3 Å². The van der Waals surface area contributed by atoms with Gasteiger partial charge in [0.05, 0.1) is 12.1 Å². The molecular weight excluding hydrogens is 374 g/mol. The fourth-order valence-corrected chi connectivity index (χ4v) is 4.26. The molecule has 1 fully saturated rings. The summed E-state index contributed by atoms with van der Waals surface area (Å²) in [5, 5.41) is 5.82. The van der Waals surface area contributed by atoms with E-state index >= 15 is 0 Å². The third kappa shape index (κ3) is 4.44. The van der Waals surface area contributed by atoms with Crippen molar-refractivity contribution in [3.05, 3.63) is 34.6 Å². The number of thiazole rings is 1. The van der Waals surface area contributed by atoms with Crippen molar-refractivity contribution in [3.8, 4) is 5.13 Å². The second kappa shape index (κ2) is 8.87. The first-order valence-corrected chi connectivity index (χ1v) is 10.7. The van der Waals surface area contributed by atoms with Gasteiger partial charge in [-0.25, -0.2) is 4.98 Å². The van der Waals surface area contributed by atoms with E-state index in [4.69, 9.17) is 0 Å². The number of nitrogens with one attached hydrogen (secondary N) is 1. The Labute approximate surface area is 170 Å². The van der Waals surface area contributed by atoms with Crippen molar-refractivity contribution in [1.82, 2.24) is 24.7 Å². The molecule has 0 radical (unpaired) electrons. The Morgan fingerprint density at radius 3 is 2.57 bits per heavy atom. The Hall–Kier alpha value is -2.19. The van der Waals surface area contributed by atoms with Crippen LogP contribution >= 0.6 is 11.3 Å². The van der Waals surface area contributed by atoms with Gasteiger partial charge in [0.1, 0.15) is 0 Å². The van der Waals surface area contributed by atoms with Gasteiger partial charge < -0.3 is 10.2 Å². The maximum Gasteiger partial charge on any atom is 0.255 e. The number of piperazine rings is 1. The van der Waals surface area contributed by atoms with Crippen LogP contribution < -0.4 is 5.32 Å². The minimum absolute atomic E-state index is 0.0552. The molecule has 2 aromatic heterocycles. The first-order chi connectivity index (χ1) is 13.4. The standard InChI is InChI=1S/C20H29N5O2S/c1-5-14(2)22-18(26)13-23-7-9-24(10-8-23)19(27)17-12-15(3)25(16(17)4)20-21-6-11-28-20/h6,11-12,14H,5,7-10,13H2,1-4H3,(H,22,26). The smallest absolute Gasteiger partial charge is 0.255 e. The van der Waals surface area contributed by atoms with E-state index in [1.165, 1.54) is 0 Å². The first-order valence-electron chi connectivity index (χ1n) is 9.80. The van der Waals surface area contributed by atoms with Crippen molar-refractivity contribution < 1.29 is 9.59 Å². The summed E-state index contributed by atoms with van der Waals surface area (Å²) in [5.74, 6) is 0.112. The number of amides is 2. The lowest BCUT2D eigenvalue weighted by molar-refractivity contribution is -0.123. The van der Waals surface area contributed by atoms with Gasteiger partial charge in [0.2, 0.25) is 5.91 Å². The Morgan fingerprint density at radius 1 is 1.25 bits per heavy atom. The van der Waals surface area contributed by atoms with Crippen molar-refractivity contribution in [1.29, 1.82) is 0 Å². The van der Waals surface area contributed by atoms with E-state index in [0.29, 0.717) is 32.7 Å². The molecule has 0 aromatic carbocycles. The predicted molar refractivity (Wildman–Crippen MR) is 111 cm³/mol. The largest absolute Gasteiger partial charge is 0.353 e. The summed E-state index contributed by atoms with van der Waals surface area (Å²) < 4.78 is 2.04. The SMILES string of the molecule is CCC(C)NC(=O)CN1CCN(C(=O)c2cc(C)n(-c3nccs3)c2C)CC1. The molecule has 0 spiro atoms. The van der Waals surface area contributed by atoms with Gasteiger partial charge in [-0.3, -0.25) is 19.1 Å². The van der Waals surface area contributed by atoms with Gasteiger partial charge in [0.15, 0.2) is 5.13 Å². The normalized spacial score (nSPS) is 16.2. The minimum atomic E-state index is 0.0552. The minimum Gasteiger partial charge on any atom is -0.353 e. The zero-order valence-electron chi connectivity index (χ0n) is 17.1. The number of carbonyl (C=O) groups is 2. The van der Waals surface area contributed by atoms with Crippen LogP contribution in [0.4, 0.5) is 0 Å². The molecule has 0 saturated carbocycles. The average Bonchev–Trinajstić information content (AvgIpc) is 3.29. The Balaban J connectivity index is 1.60. The molecule has 28 heavy (non-hydrogen) atoms. The number of nitrogens with zero attached hydrogens (tertiary/aromatic N) is 4. The summed E-state index contributed by atoms with van der Waals surface area (Å²) in [4.78, 5) is 33.5. The van der Waals surface area contributed by atoms with Gasteiger partial charge >= 0.3 is 0 Å². The highest BCUT2D eigenvalue weighted by atomic mass is 32.1. The van der Waals surface area contributed by atoms with Crippen molar-refractivity contribution in [2.24, 2.45) is 0 Å². The van der Waals surface area contributed by atoms with Crippen LogP contribution in [-0.4, -0.2) is 69.9 Å². The molecule has 1 aliphatic rings. The second-order valence-electron chi connectivity index (χ2n) is 7.38. The topological polar surface area (TPSA) is 70.5 Å². The van der Waals surface area contributed by atoms with Gasteiger partial charge in [0.25, 0.3) is 5.91 Å². The van der Waals surface area contributed by atoms with E-state index in [2.05, 4.69) is 22.1 Å². The molecule has 3 rings (SSSR count). The molecule has 0 bridgehead atoms. The van der Waals surface area contributed by atoms with E-state index in [1.54, 1.807) is 17.5 Å². The van der Waals surface area contributed by atoms with Crippen LogP contribution in [-0.2, 0) is 4.79 Å². The molecule has 2 aromatic rings. The van der Waals surface area contributed by atoms with Gasteiger partial charge in [-0.15, -0.1) is 11.3 Å². The van der Waals surface area contributed by atoms with E-state index < -0.39 is 0 Å². The van der Waals surface area contributed by atoms with Crippen molar-refractivity contribution in [2.75, 3.05) is 32.7 Å². The lowest BCUT2D eigenvalue weighted by atomic mass is 10.2. The lowest BCUT2D eigenvalue weighted by Crippen LogP contribution is -2.51. The van der Waals surface area contributed by atoms with Gasteiger partial charge in [-0.1, -0.05) is 6.92 Å². The van der Waals surface area contributed by atoms with Crippen LogP contribution in [0, 0.1) is 13.8 Å². The first kappa shape index (κ1) is 20.5. The van der Waals surface area contributed by atoms with E-state index in [9.17, 15) is 9.59 Å². The zero-order valence-corrected chi connectivity index (χ0v) is 17.9. The number of aryl methyl sites for hydroxylation is 1. The van der Waals surface area contributed by atoms with Crippen LogP contribution in [0.15, 0.2) is 17.6 Å². The third-order valence-electron chi connectivity index (χ3n) is 5.32. The summed E-state index contributed by atoms with van der Waals surface area (Å²) in [6.45, 7) is 11.1. The molecule has 152 valence electrons. The molecule has 1 N–H and O–H groups in total. The molecule has 3 heterocycles. The van der Waals surface area contributed by atoms with Crippen LogP contribution in [0.25, 0.3) is 5.13 Å². The quantitative estimate of drug-likeness (QED) is 0.803. The summed E-state index contributed by atoms with van der Waals surface area (Å²) in [6.07, 6.45) is 2.70. The molecule has 8 heteroatoms. The Morgan fingerprint density at radius 2 is 1.96 bits per heavy atom. The maximum atomic E-state index is 13.1. The molecule has 1 aliphatic heterocycles. The summed E-state index contributed by atoms with van der Waals surface area (Å²) in [7, 11) is 0. The highest BCUT2D eigenvalue weighted by Gasteiger charge is 2.26. The fraction of sp³-hybridized carbons (Fsp3) is 0.550. The number of hydrogen-bond acceptors (Lipinski definition) is 5. The van der Waals surface area contributed by atoms with Gasteiger partial charge in [0, 0.05) is 55.2 Å². The highest BCUT2D eigenvalue weighted by molar-refractivity contribution is 7.12. The van der Waals surface area contributed by atoms with Crippen LogP contribution in [0.1, 0.15) is 42.0 Å². The van der Waals surface area contributed by atoms with Crippen molar-refractivity contribution in [2.45, 2.75) is 40.2 Å². The van der Waals surface area contributed by atoms with E-state index in [-0.39, 0.29) is 17.9 Å². The number of hydrogen-bond donors (Lipinski definition) is 1. The third-order valence-corrected chi connectivity index (χ3v) is 6.08. The molecule has 1 atom stereocenters. The van der Waals surface area contributed by atoms with Crippen LogP contribution in [0.5, 0.6) is 0 Å². The molecule has 0 aliphatic carbocycles.